The molecule has 178 valence electrons. The van der Waals surface area contributed by atoms with Crippen LogP contribution in [0.25, 0.3) is 0 Å². The average molecular weight is 558 g/mol. The normalized spacial score (nSPS) is 13.1. The number of ether oxygens (including phenoxy) is 3. The largest absolute Gasteiger partial charge is 0.491 e. The van der Waals surface area contributed by atoms with Crippen molar-refractivity contribution in [1.29, 1.82) is 0 Å². The zero-order valence-electron chi connectivity index (χ0n) is 19.2. The van der Waals surface area contributed by atoms with Crippen molar-refractivity contribution in [2.75, 3.05) is 38.8 Å². The molecule has 0 fully saturated rings. The van der Waals surface area contributed by atoms with E-state index in [-0.39, 0.29) is 30.1 Å². The van der Waals surface area contributed by atoms with Crippen molar-refractivity contribution in [3.05, 3.63) is 35.9 Å². The number of rotatable bonds is 12. The molecule has 0 spiro atoms. The maximum Gasteiger partial charge on any atom is 0.196 e. The fraction of sp³-hybridized carbons (Fsp3) is 0.591. The van der Waals surface area contributed by atoms with Crippen LogP contribution >= 0.6 is 24.0 Å². The Labute approximate surface area is 207 Å². The Morgan fingerprint density at radius 1 is 1.16 bits per heavy atom. The van der Waals surface area contributed by atoms with Gasteiger partial charge < -0.3 is 29.4 Å². The molecule has 0 saturated carbocycles. The number of aliphatic imine (C=N–C) groups is 1. The van der Waals surface area contributed by atoms with Crippen molar-refractivity contribution in [3.8, 4) is 5.75 Å². The first kappa shape index (κ1) is 26.3. The van der Waals surface area contributed by atoms with Crippen molar-refractivity contribution >= 4 is 35.6 Å². The van der Waals surface area contributed by atoms with Gasteiger partial charge >= 0.3 is 0 Å². The molecule has 1 aromatic carbocycles. The summed E-state index contributed by atoms with van der Waals surface area (Å²) >= 11 is 0. The van der Waals surface area contributed by atoms with Crippen molar-refractivity contribution in [2.45, 2.75) is 52.3 Å². The molecular weight excluding hydrogens is 523 g/mol. The molecule has 3 rings (SSSR count). The number of aromatic nitrogens is 3. The molecule has 1 aromatic heterocycles. The summed E-state index contributed by atoms with van der Waals surface area (Å²) < 4.78 is 18.4. The molecule has 0 bridgehead atoms. The van der Waals surface area contributed by atoms with Crippen LogP contribution in [0, 0.1) is 0 Å². The molecule has 2 N–H and O–H groups in total. The summed E-state index contributed by atoms with van der Waals surface area (Å²) in [6, 6.07) is 7.87. The van der Waals surface area contributed by atoms with E-state index in [1.807, 2.05) is 38.1 Å². The molecule has 1 aliphatic heterocycles. The molecule has 0 aliphatic carbocycles. The molecule has 10 heteroatoms. The summed E-state index contributed by atoms with van der Waals surface area (Å²) in [5.74, 6) is 3.50. The van der Waals surface area contributed by atoms with Gasteiger partial charge in [-0.25, -0.2) is 4.99 Å². The summed E-state index contributed by atoms with van der Waals surface area (Å²) in [7, 11) is 1.67. The van der Waals surface area contributed by atoms with Gasteiger partial charge in [0.1, 0.15) is 18.1 Å². The van der Waals surface area contributed by atoms with E-state index in [2.05, 4.69) is 25.4 Å². The second-order valence-corrected chi connectivity index (χ2v) is 7.65. The van der Waals surface area contributed by atoms with Crippen LogP contribution in [0.4, 0.5) is 5.69 Å². The monoisotopic (exact) mass is 558 g/mol. The lowest BCUT2D eigenvalue weighted by atomic mass is 10.3. The highest BCUT2D eigenvalue weighted by Gasteiger charge is 2.16. The van der Waals surface area contributed by atoms with Crippen LogP contribution in [0.15, 0.2) is 29.3 Å². The van der Waals surface area contributed by atoms with Crippen LogP contribution < -0.4 is 15.4 Å². The number of halogens is 1. The van der Waals surface area contributed by atoms with Crippen molar-refractivity contribution in [3.63, 3.8) is 0 Å². The summed E-state index contributed by atoms with van der Waals surface area (Å²) in [5, 5.41) is 15.3. The van der Waals surface area contributed by atoms with Crippen LogP contribution in [-0.2, 0) is 29.0 Å². The smallest absolute Gasteiger partial charge is 0.196 e. The highest BCUT2D eigenvalue weighted by molar-refractivity contribution is 14.0. The van der Waals surface area contributed by atoms with Crippen molar-refractivity contribution in [1.82, 2.24) is 20.1 Å². The third kappa shape index (κ3) is 8.55. The van der Waals surface area contributed by atoms with E-state index < -0.39 is 0 Å². The molecule has 2 aromatic rings. The van der Waals surface area contributed by atoms with E-state index in [1.165, 1.54) is 0 Å². The quantitative estimate of drug-likeness (QED) is 0.179. The number of aryl methyl sites for hydroxylation is 1. The minimum absolute atomic E-state index is 0. The summed E-state index contributed by atoms with van der Waals surface area (Å²) in [4.78, 5) is 4.74. The van der Waals surface area contributed by atoms with E-state index in [1.54, 1.807) is 7.11 Å². The van der Waals surface area contributed by atoms with E-state index >= 15 is 0 Å². The predicted octanol–water partition coefficient (Wildman–Crippen LogP) is 3.24. The first-order valence-electron chi connectivity index (χ1n) is 11.0. The summed E-state index contributed by atoms with van der Waals surface area (Å²) in [6.07, 6.45) is 3.13. The molecule has 2 heterocycles. The lowest BCUT2D eigenvalue weighted by Gasteiger charge is -2.14. The number of hydrogen-bond acceptors (Lipinski definition) is 6. The second kappa shape index (κ2) is 14.3. The molecule has 9 nitrogen and oxygen atoms in total. The van der Waals surface area contributed by atoms with Gasteiger partial charge in [-0.15, -0.1) is 34.2 Å². The second-order valence-electron chi connectivity index (χ2n) is 7.65. The topological polar surface area (TPSA) is 94.8 Å². The number of anilines is 1. The van der Waals surface area contributed by atoms with Crippen LogP contribution in [0.2, 0.25) is 0 Å². The third-order valence-corrected chi connectivity index (χ3v) is 4.74. The van der Waals surface area contributed by atoms with Crippen LogP contribution in [0.5, 0.6) is 5.75 Å². The van der Waals surface area contributed by atoms with E-state index in [0.717, 1.165) is 55.4 Å². The minimum atomic E-state index is 0. The van der Waals surface area contributed by atoms with E-state index in [0.29, 0.717) is 32.3 Å². The van der Waals surface area contributed by atoms with Crippen LogP contribution in [0.1, 0.15) is 38.3 Å². The molecule has 32 heavy (non-hydrogen) atoms. The fourth-order valence-corrected chi connectivity index (χ4v) is 3.27. The third-order valence-electron chi connectivity index (χ3n) is 4.74. The Balaban J connectivity index is 0.00000363. The predicted molar refractivity (Wildman–Crippen MR) is 136 cm³/mol. The zero-order valence-corrected chi connectivity index (χ0v) is 21.5. The first-order valence-corrected chi connectivity index (χ1v) is 11.0. The number of hydrogen-bond donors (Lipinski definition) is 2. The summed E-state index contributed by atoms with van der Waals surface area (Å²) in [6.45, 7) is 8.11. The molecule has 0 unspecified atom stereocenters. The molecule has 0 saturated heterocycles. The SMILES string of the molecule is COCCOCCCNC(=NCc1nnc2n1CCC2)Nc1ccc(OC(C)C)cc1.I. The van der Waals surface area contributed by atoms with Gasteiger partial charge in [0.15, 0.2) is 11.8 Å². The first-order chi connectivity index (χ1) is 15.2. The minimum Gasteiger partial charge on any atom is -0.491 e. The number of nitrogens with one attached hydrogen (secondary N) is 2. The number of nitrogens with zero attached hydrogens (tertiary/aromatic N) is 4. The Bertz CT molecular complexity index is 826. The van der Waals surface area contributed by atoms with Crippen molar-refractivity contribution < 1.29 is 14.2 Å². The molecule has 0 radical (unpaired) electrons. The van der Waals surface area contributed by atoms with Gasteiger partial charge in [-0.1, -0.05) is 0 Å². The van der Waals surface area contributed by atoms with Gasteiger partial charge in [0.2, 0.25) is 0 Å². The Hall–Kier alpha value is -1.92. The number of guanidine groups is 1. The lowest BCUT2D eigenvalue weighted by Crippen LogP contribution is -2.32. The van der Waals surface area contributed by atoms with Gasteiger partial charge in [0.05, 0.1) is 19.3 Å². The fourth-order valence-electron chi connectivity index (χ4n) is 3.27. The molecule has 1 aliphatic rings. The van der Waals surface area contributed by atoms with Crippen LogP contribution in [0.3, 0.4) is 0 Å². The summed E-state index contributed by atoms with van der Waals surface area (Å²) in [5.41, 5.74) is 0.935. The Morgan fingerprint density at radius 2 is 1.97 bits per heavy atom. The zero-order chi connectivity index (χ0) is 21.9. The van der Waals surface area contributed by atoms with Gasteiger partial charge in [-0.05, 0) is 51.0 Å². The maximum atomic E-state index is 5.72. The molecule has 0 amide bonds. The van der Waals surface area contributed by atoms with Gasteiger partial charge in [-0.2, -0.15) is 0 Å². The average Bonchev–Trinajstić information content (AvgIpc) is 3.36. The standard InChI is InChI=1S/C22H34N6O3.HI/c1-17(2)31-19-9-7-18(8-10-19)25-22(23-11-5-13-30-15-14-29-3)24-16-21-27-26-20-6-4-12-28(20)21;/h7-10,17H,4-6,11-16H2,1-3H3,(H2,23,24,25);1H. The number of fused-ring (bicyclic) bond motifs is 1. The van der Waals surface area contributed by atoms with E-state index in [9.17, 15) is 0 Å². The number of benzene rings is 1. The maximum absolute atomic E-state index is 5.72. The number of methoxy groups -OCH3 is 1. The highest BCUT2D eigenvalue weighted by atomic mass is 127. The van der Waals surface area contributed by atoms with Gasteiger partial charge in [0.25, 0.3) is 0 Å². The molecule has 0 atom stereocenters. The van der Waals surface area contributed by atoms with E-state index in [4.69, 9.17) is 19.2 Å². The van der Waals surface area contributed by atoms with Gasteiger partial charge in [-0.3, -0.25) is 0 Å². The van der Waals surface area contributed by atoms with Gasteiger partial charge in [0, 0.05) is 38.9 Å². The Kier molecular flexibility index (Phi) is 11.7. The highest BCUT2D eigenvalue weighted by Crippen LogP contribution is 2.17. The lowest BCUT2D eigenvalue weighted by molar-refractivity contribution is 0.0699. The Morgan fingerprint density at radius 3 is 2.72 bits per heavy atom. The van der Waals surface area contributed by atoms with Crippen molar-refractivity contribution in [2.24, 2.45) is 4.99 Å². The van der Waals surface area contributed by atoms with Crippen LogP contribution in [-0.4, -0.2) is 60.3 Å². The molecular formula is C22H35IN6O3.